The SMILES string of the molecule is COC(=O)c1ccc(Cc2cn(C)c3ccc(C(=O)NCCC(C(F)(F)F)C(F)(F)F)cc23)c(OC)c1. The van der Waals surface area contributed by atoms with Crippen molar-refractivity contribution in [1.29, 1.82) is 0 Å². The molecule has 1 amide bonds. The van der Waals surface area contributed by atoms with Crippen molar-refractivity contribution in [3.63, 3.8) is 0 Å². The summed E-state index contributed by atoms with van der Waals surface area (Å²) in [4.78, 5) is 24.3. The number of aryl methyl sites for hydroxylation is 1. The van der Waals surface area contributed by atoms with Gasteiger partial charge in [0.1, 0.15) is 5.75 Å². The van der Waals surface area contributed by atoms with Gasteiger partial charge in [0.05, 0.1) is 19.8 Å². The van der Waals surface area contributed by atoms with E-state index in [9.17, 15) is 35.9 Å². The third-order valence-corrected chi connectivity index (χ3v) is 5.93. The van der Waals surface area contributed by atoms with Crippen LogP contribution >= 0.6 is 0 Å². The second-order valence-corrected chi connectivity index (χ2v) is 8.37. The number of nitrogens with one attached hydrogen (secondary N) is 1. The molecule has 1 N–H and O–H groups in total. The molecule has 3 aromatic rings. The summed E-state index contributed by atoms with van der Waals surface area (Å²) in [5.41, 5.74) is 2.67. The van der Waals surface area contributed by atoms with E-state index in [1.54, 1.807) is 31.3 Å². The fourth-order valence-corrected chi connectivity index (χ4v) is 4.04. The molecule has 0 spiro atoms. The number of aromatic nitrogens is 1. The summed E-state index contributed by atoms with van der Waals surface area (Å²) in [5, 5.41) is 2.81. The van der Waals surface area contributed by atoms with E-state index in [0.717, 1.165) is 16.6 Å². The van der Waals surface area contributed by atoms with Crippen molar-refractivity contribution in [1.82, 2.24) is 9.88 Å². The van der Waals surface area contributed by atoms with Gasteiger partial charge < -0.3 is 19.4 Å². The van der Waals surface area contributed by atoms with Crippen molar-refractivity contribution in [2.45, 2.75) is 25.2 Å². The Morgan fingerprint density at radius 2 is 1.59 bits per heavy atom. The number of benzene rings is 2. The monoisotopic (exact) mass is 530 g/mol. The van der Waals surface area contributed by atoms with E-state index >= 15 is 0 Å². The third kappa shape index (κ3) is 6.36. The average Bonchev–Trinajstić information content (AvgIpc) is 3.14. The lowest BCUT2D eigenvalue weighted by molar-refractivity contribution is -0.285. The van der Waals surface area contributed by atoms with E-state index in [2.05, 4.69) is 5.32 Å². The van der Waals surface area contributed by atoms with Crippen LogP contribution in [0.3, 0.4) is 0 Å². The number of rotatable bonds is 8. The number of alkyl halides is 6. The number of fused-ring (bicyclic) bond motifs is 1. The summed E-state index contributed by atoms with van der Waals surface area (Å²) in [6.45, 7) is -0.800. The van der Waals surface area contributed by atoms with Crippen molar-refractivity contribution in [3.05, 3.63) is 64.8 Å². The van der Waals surface area contributed by atoms with Crippen LogP contribution in [0.2, 0.25) is 0 Å². The molecule has 0 fully saturated rings. The maximum Gasteiger partial charge on any atom is 0.400 e. The maximum atomic E-state index is 12.7. The molecule has 12 heteroatoms. The van der Waals surface area contributed by atoms with E-state index in [4.69, 9.17) is 9.47 Å². The Labute approximate surface area is 208 Å². The van der Waals surface area contributed by atoms with Crippen molar-refractivity contribution >= 4 is 22.8 Å². The zero-order valence-corrected chi connectivity index (χ0v) is 20.1. The molecule has 0 aliphatic carbocycles. The molecule has 0 radical (unpaired) electrons. The Kier molecular flexibility index (Phi) is 8.09. The van der Waals surface area contributed by atoms with Crippen LogP contribution in [0, 0.1) is 5.92 Å². The van der Waals surface area contributed by atoms with Crippen molar-refractivity contribution in [3.8, 4) is 5.75 Å². The lowest BCUT2D eigenvalue weighted by atomic mass is 10.0. The van der Waals surface area contributed by atoms with Gasteiger partial charge in [-0.1, -0.05) is 6.07 Å². The molecular formula is C25H24F6N2O4. The summed E-state index contributed by atoms with van der Waals surface area (Å²) < 4.78 is 88.3. The summed E-state index contributed by atoms with van der Waals surface area (Å²) >= 11 is 0. The van der Waals surface area contributed by atoms with Crippen molar-refractivity contribution < 1.29 is 45.4 Å². The molecular weight excluding hydrogens is 506 g/mol. The van der Waals surface area contributed by atoms with Crippen LogP contribution < -0.4 is 10.1 Å². The normalized spacial score (nSPS) is 12.2. The molecule has 2 aromatic carbocycles. The maximum absolute atomic E-state index is 12.7. The first kappa shape index (κ1) is 27.9. The van der Waals surface area contributed by atoms with Gasteiger partial charge in [-0.3, -0.25) is 4.79 Å². The van der Waals surface area contributed by atoms with Crippen LogP contribution in [0.15, 0.2) is 42.6 Å². The number of hydrogen-bond acceptors (Lipinski definition) is 4. The standard InChI is InChI=1S/C25H24F6N2O4/c1-33-13-17(10-14-4-5-16(23(35)37-3)12-20(14)36-2)18-11-15(6-7-19(18)33)22(34)32-9-8-21(24(26,27)28)25(29,30)31/h4-7,11-13,21H,8-10H2,1-3H3,(H,32,34). The molecule has 200 valence electrons. The minimum atomic E-state index is -5.46. The number of esters is 1. The number of carbonyl (C=O) groups excluding carboxylic acids is 2. The molecule has 0 aliphatic heterocycles. The number of amides is 1. The van der Waals surface area contributed by atoms with Crippen LogP contribution in [0.4, 0.5) is 26.3 Å². The zero-order chi connectivity index (χ0) is 27.5. The zero-order valence-electron chi connectivity index (χ0n) is 20.1. The Bertz CT molecular complexity index is 1280. The first-order chi connectivity index (χ1) is 17.3. The van der Waals surface area contributed by atoms with Gasteiger partial charge in [0.25, 0.3) is 5.91 Å². The van der Waals surface area contributed by atoms with Gasteiger partial charge >= 0.3 is 18.3 Å². The highest BCUT2D eigenvalue weighted by Crippen LogP contribution is 2.41. The van der Waals surface area contributed by atoms with Crippen LogP contribution in [0.1, 0.15) is 38.3 Å². The van der Waals surface area contributed by atoms with Crippen LogP contribution in [-0.4, -0.2) is 49.6 Å². The van der Waals surface area contributed by atoms with Crippen LogP contribution in [0.5, 0.6) is 5.75 Å². The number of carbonyl (C=O) groups is 2. The first-order valence-electron chi connectivity index (χ1n) is 11.0. The second-order valence-electron chi connectivity index (χ2n) is 8.37. The lowest BCUT2D eigenvalue weighted by Gasteiger charge is -2.22. The number of halogens is 6. The van der Waals surface area contributed by atoms with E-state index in [-0.39, 0.29) is 5.56 Å². The van der Waals surface area contributed by atoms with E-state index < -0.39 is 43.1 Å². The predicted molar refractivity (Wildman–Crippen MR) is 123 cm³/mol. The Balaban J connectivity index is 1.82. The highest BCUT2D eigenvalue weighted by atomic mass is 19.4. The number of hydrogen-bond donors (Lipinski definition) is 1. The number of nitrogens with zero attached hydrogens (tertiary/aromatic N) is 1. The smallest absolute Gasteiger partial charge is 0.400 e. The lowest BCUT2D eigenvalue weighted by Crippen LogP contribution is -2.39. The molecule has 3 rings (SSSR count). The first-order valence-corrected chi connectivity index (χ1v) is 11.0. The van der Waals surface area contributed by atoms with Crippen LogP contribution in [0.25, 0.3) is 10.9 Å². The second kappa shape index (κ2) is 10.7. The van der Waals surface area contributed by atoms with E-state index in [1.165, 1.54) is 26.4 Å². The molecule has 6 nitrogen and oxygen atoms in total. The van der Waals surface area contributed by atoms with Gasteiger partial charge in [-0.15, -0.1) is 0 Å². The van der Waals surface area contributed by atoms with Crippen LogP contribution in [-0.2, 0) is 18.2 Å². The van der Waals surface area contributed by atoms with Gasteiger partial charge in [-0.25, -0.2) is 4.79 Å². The highest BCUT2D eigenvalue weighted by molar-refractivity contribution is 5.99. The van der Waals surface area contributed by atoms with Crippen molar-refractivity contribution in [2.24, 2.45) is 13.0 Å². The topological polar surface area (TPSA) is 69.6 Å². The van der Waals surface area contributed by atoms with Gasteiger partial charge in [-0.05, 0) is 47.9 Å². The van der Waals surface area contributed by atoms with Gasteiger partial charge in [0.15, 0.2) is 5.92 Å². The van der Waals surface area contributed by atoms with Gasteiger partial charge in [0.2, 0.25) is 0 Å². The van der Waals surface area contributed by atoms with E-state index in [1.807, 2.05) is 10.8 Å². The fourth-order valence-electron chi connectivity index (χ4n) is 4.04. The Hall–Kier alpha value is -3.70. The molecule has 0 unspecified atom stereocenters. The Morgan fingerprint density at radius 1 is 0.946 bits per heavy atom. The Morgan fingerprint density at radius 3 is 2.19 bits per heavy atom. The minimum Gasteiger partial charge on any atom is -0.496 e. The molecule has 0 aliphatic rings. The van der Waals surface area contributed by atoms with E-state index in [0.29, 0.717) is 23.1 Å². The van der Waals surface area contributed by atoms with Gasteiger partial charge in [0, 0.05) is 42.7 Å². The molecule has 1 aromatic heterocycles. The average molecular weight is 530 g/mol. The summed E-state index contributed by atoms with van der Waals surface area (Å²) in [6.07, 6.45) is -10.1. The largest absolute Gasteiger partial charge is 0.496 e. The summed E-state index contributed by atoms with van der Waals surface area (Å²) in [6, 6.07) is 9.44. The number of ether oxygens (including phenoxy) is 2. The predicted octanol–water partition coefficient (Wildman–Crippen LogP) is 5.43. The molecule has 0 saturated heterocycles. The third-order valence-electron chi connectivity index (χ3n) is 5.93. The molecule has 0 saturated carbocycles. The minimum absolute atomic E-state index is 0.0866. The molecule has 0 bridgehead atoms. The fraction of sp³-hybridized carbons (Fsp3) is 0.360. The van der Waals surface area contributed by atoms with Crippen molar-refractivity contribution in [2.75, 3.05) is 20.8 Å². The molecule has 1 heterocycles. The number of methoxy groups -OCH3 is 2. The summed E-state index contributed by atoms with van der Waals surface area (Å²) in [7, 11) is 4.50. The quantitative estimate of drug-likeness (QED) is 0.312. The summed E-state index contributed by atoms with van der Waals surface area (Å²) in [5.74, 6) is -4.40. The highest BCUT2D eigenvalue weighted by Gasteiger charge is 2.55. The molecule has 0 atom stereocenters. The molecule has 37 heavy (non-hydrogen) atoms. The van der Waals surface area contributed by atoms with Gasteiger partial charge in [-0.2, -0.15) is 26.3 Å².